The first-order chi connectivity index (χ1) is 11.0. The van der Waals surface area contributed by atoms with Gasteiger partial charge in [0.1, 0.15) is 0 Å². The SMILES string of the molecule is CCCCCCCCCCCCC(Cl)CC(CC(C)O)N(C)C. The van der Waals surface area contributed by atoms with Gasteiger partial charge in [-0.25, -0.2) is 0 Å². The summed E-state index contributed by atoms with van der Waals surface area (Å²) in [5.41, 5.74) is 0. The van der Waals surface area contributed by atoms with Crippen LogP contribution in [0.25, 0.3) is 0 Å². The van der Waals surface area contributed by atoms with Gasteiger partial charge in [-0.2, -0.15) is 0 Å². The molecule has 0 radical (unpaired) electrons. The third-order valence-corrected chi connectivity index (χ3v) is 5.14. The monoisotopic (exact) mass is 347 g/mol. The summed E-state index contributed by atoms with van der Waals surface area (Å²) in [6.45, 7) is 4.14. The fourth-order valence-corrected chi connectivity index (χ4v) is 3.54. The Morgan fingerprint density at radius 1 is 0.826 bits per heavy atom. The Morgan fingerprint density at radius 3 is 1.74 bits per heavy atom. The number of halogens is 1. The lowest BCUT2D eigenvalue weighted by Gasteiger charge is -2.27. The van der Waals surface area contributed by atoms with Gasteiger partial charge in [-0.1, -0.05) is 71.1 Å². The van der Waals surface area contributed by atoms with E-state index in [9.17, 15) is 5.11 Å². The summed E-state index contributed by atoms with van der Waals surface area (Å²) in [6, 6.07) is 0.389. The molecule has 0 aromatic rings. The fourth-order valence-electron chi connectivity index (χ4n) is 3.18. The average molecular weight is 348 g/mol. The topological polar surface area (TPSA) is 23.5 Å². The quantitative estimate of drug-likeness (QED) is 0.273. The van der Waals surface area contributed by atoms with E-state index in [1.165, 1.54) is 64.2 Å². The predicted molar refractivity (Wildman–Crippen MR) is 104 cm³/mol. The van der Waals surface area contributed by atoms with Crippen molar-refractivity contribution in [2.75, 3.05) is 14.1 Å². The van der Waals surface area contributed by atoms with Gasteiger partial charge in [-0.05, 0) is 40.3 Å². The van der Waals surface area contributed by atoms with E-state index < -0.39 is 0 Å². The number of rotatable bonds is 16. The van der Waals surface area contributed by atoms with Gasteiger partial charge in [-0.3, -0.25) is 0 Å². The van der Waals surface area contributed by atoms with Crippen LogP contribution in [0.4, 0.5) is 0 Å². The summed E-state index contributed by atoms with van der Waals surface area (Å²) in [7, 11) is 4.16. The highest BCUT2D eigenvalue weighted by molar-refractivity contribution is 6.20. The van der Waals surface area contributed by atoms with E-state index >= 15 is 0 Å². The van der Waals surface area contributed by atoms with Crippen molar-refractivity contribution in [3.05, 3.63) is 0 Å². The molecule has 0 spiro atoms. The van der Waals surface area contributed by atoms with Crippen LogP contribution in [0.2, 0.25) is 0 Å². The molecule has 23 heavy (non-hydrogen) atoms. The summed E-state index contributed by atoms with van der Waals surface area (Å²) in [6.07, 6.45) is 16.4. The highest BCUT2D eigenvalue weighted by Gasteiger charge is 2.18. The van der Waals surface area contributed by atoms with E-state index in [4.69, 9.17) is 11.6 Å². The van der Waals surface area contributed by atoms with Crippen LogP contribution in [0.5, 0.6) is 0 Å². The third-order valence-electron chi connectivity index (χ3n) is 4.74. The number of hydrogen-bond acceptors (Lipinski definition) is 2. The van der Waals surface area contributed by atoms with Crippen LogP contribution in [0.15, 0.2) is 0 Å². The molecule has 0 fully saturated rings. The Labute approximate surface area is 151 Å². The van der Waals surface area contributed by atoms with Gasteiger partial charge < -0.3 is 10.0 Å². The standard InChI is InChI=1S/C20H42ClNO/c1-5-6-7-8-9-10-11-12-13-14-15-19(21)17-20(22(3)4)16-18(2)23/h18-20,23H,5-17H2,1-4H3. The van der Waals surface area contributed by atoms with Gasteiger partial charge in [0.25, 0.3) is 0 Å². The van der Waals surface area contributed by atoms with Gasteiger partial charge >= 0.3 is 0 Å². The maximum absolute atomic E-state index is 9.58. The molecule has 1 N–H and O–H groups in total. The molecule has 0 rings (SSSR count). The summed E-state index contributed by atoms with van der Waals surface area (Å²) < 4.78 is 0. The number of hydrogen-bond donors (Lipinski definition) is 1. The van der Waals surface area contributed by atoms with E-state index in [0.717, 1.165) is 19.3 Å². The summed E-state index contributed by atoms with van der Waals surface area (Å²) >= 11 is 6.51. The molecule has 0 saturated carbocycles. The molecule has 2 nitrogen and oxygen atoms in total. The van der Waals surface area contributed by atoms with E-state index in [1.54, 1.807) is 0 Å². The average Bonchev–Trinajstić information content (AvgIpc) is 2.48. The van der Waals surface area contributed by atoms with Crippen molar-refractivity contribution in [1.82, 2.24) is 4.90 Å². The van der Waals surface area contributed by atoms with Crippen molar-refractivity contribution in [3.8, 4) is 0 Å². The number of nitrogens with zero attached hydrogens (tertiary/aromatic N) is 1. The Balaban J connectivity index is 3.53. The minimum atomic E-state index is -0.247. The van der Waals surface area contributed by atoms with Crippen molar-refractivity contribution in [2.24, 2.45) is 0 Å². The zero-order valence-corrected chi connectivity index (χ0v) is 17.0. The molecule has 0 saturated heterocycles. The minimum Gasteiger partial charge on any atom is -0.393 e. The van der Waals surface area contributed by atoms with Gasteiger partial charge in [-0.15, -0.1) is 11.6 Å². The molecule has 3 unspecified atom stereocenters. The third kappa shape index (κ3) is 15.5. The first kappa shape index (κ1) is 23.2. The van der Waals surface area contributed by atoms with Crippen LogP contribution in [-0.2, 0) is 0 Å². The van der Waals surface area contributed by atoms with Crippen LogP contribution in [0.1, 0.15) is 97.3 Å². The smallest absolute Gasteiger partial charge is 0.0527 e. The Hall–Kier alpha value is 0.210. The highest BCUT2D eigenvalue weighted by atomic mass is 35.5. The van der Waals surface area contributed by atoms with Crippen molar-refractivity contribution in [3.63, 3.8) is 0 Å². The zero-order valence-electron chi connectivity index (χ0n) is 16.2. The Morgan fingerprint density at radius 2 is 1.30 bits per heavy atom. The minimum absolute atomic E-state index is 0.246. The molecule has 0 aliphatic heterocycles. The molecule has 140 valence electrons. The zero-order chi connectivity index (χ0) is 17.5. The van der Waals surface area contributed by atoms with E-state index in [2.05, 4.69) is 25.9 Å². The second-order valence-electron chi connectivity index (χ2n) is 7.51. The first-order valence-corrected chi connectivity index (χ1v) is 10.4. The number of aliphatic hydroxyl groups excluding tert-OH is 1. The lowest BCUT2D eigenvalue weighted by atomic mass is 10.00. The predicted octanol–water partition coefficient (Wildman–Crippen LogP) is 6.00. The van der Waals surface area contributed by atoms with Gasteiger partial charge in [0.2, 0.25) is 0 Å². The highest BCUT2D eigenvalue weighted by Crippen LogP contribution is 2.20. The van der Waals surface area contributed by atoms with Crippen LogP contribution < -0.4 is 0 Å². The molecular weight excluding hydrogens is 306 g/mol. The molecule has 3 atom stereocenters. The second kappa shape index (κ2) is 15.7. The fraction of sp³-hybridized carbons (Fsp3) is 1.00. The lowest BCUT2D eigenvalue weighted by Crippen LogP contribution is -2.33. The molecule has 3 heteroatoms. The van der Waals surface area contributed by atoms with E-state index in [1.807, 2.05) is 6.92 Å². The number of aliphatic hydroxyl groups is 1. The summed E-state index contributed by atoms with van der Waals surface area (Å²) in [4.78, 5) is 2.20. The van der Waals surface area contributed by atoms with E-state index in [-0.39, 0.29) is 11.5 Å². The molecule has 0 amide bonds. The molecule has 0 aliphatic rings. The van der Waals surface area contributed by atoms with Crippen LogP contribution in [-0.4, -0.2) is 41.6 Å². The first-order valence-electron chi connectivity index (χ1n) is 9.95. The maximum atomic E-state index is 9.58. The van der Waals surface area contributed by atoms with Gasteiger partial charge in [0, 0.05) is 11.4 Å². The summed E-state index contributed by atoms with van der Waals surface area (Å²) in [5.74, 6) is 0. The molecular formula is C20H42ClNO. The molecule has 0 heterocycles. The van der Waals surface area contributed by atoms with Crippen LogP contribution in [0, 0.1) is 0 Å². The number of unbranched alkanes of at least 4 members (excludes halogenated alkanes) is 9. The molecule has 0 bridgehead atoms. The maximum Gasteiger partial charge on any atom is 0.0527 e. The van der Waals surface area contributed by atoms with Crippen molar-refractivity contribution in [2.45, 2.75) is 115 Å². The molecule has 0 aromatic heterocycles. The van der Waals surface area contributed by atoms with Crippen molar-refractivity contribution in [1.29, 1.82) is 0 Å². The largest absolute Gasteiger partial charge is 0.393 e. The van der Waals surface area contributed by atoms with Crippen molar-refractivity contribution < 1.29 is 5.11 Å². The summed E-state index contributed by atoms with van der Waals surface area (Å²) in [5, 5.41) is 9.82. The van der Waals surface area contributed by atoms with Gasteiger partial charge in [0.05, 0.1) is 6.10 Å². The normalized spacial score (nSPS) is 15.8. The van der Waals surface area contributed by atoms with Gasteiger partial charge in [0.15, 0.2) is 0 Å². The lowest BCUT2D eigenvalue weighted by molar-refractivity contribution is 0.133. The Kier molecular flexibility index (Phi) is 15.9. The number of alkyl halides is 1. The molecule has 0 aliphatic carbocycles. The van der Waals surface area contributed by atoms with E-state index in [0.29, 0.717) is 6.04 Å². The van der Waals surface area contributed by atoms with Crippen LogP contribution in [0.3, 0.4) is 0 Å². The van der Waals surface area contributed by atoms with Crippen molar-refractivity contribution >= 4 is 11.6 Å². The van der Waals surface area contributed by atoms with Crippen LogP contribution >= 0.6 is 11.6 Å². The molecule has 0 aromatic carbocycles. The Bertz CT molecular complexity index is 246. The second-order valence-corrected chi connectivity index (χ2v) is 8.12.